The molecule has 0 atom stereocenters. The zero-order chi connectivity index (χ0) is 30.2. The van der Waals surface area contributed by atoms with E-state index in [1.165, 1.54) is 116 Å². The van der Waals surface area contributed by atoms with Crippen LogP contribution < -0.4 is 69.7 Å². The summed E-state index contributed by atoms with van der Waals surface area (Å²) < 4.78 is 62.2. The average Bonchev–Trinajstić information content (AvgIpc) is 2.88. The van der Waals surface area contributed by atoms with E-state index in [1.807, 2.05) is 0 Å². The molecule has 0 bridgehead atoms. The van der Waals surface area contributed by atoms with Crippen LogP contribution in [0.3, 0.4) is 0 Å². The van der Waals surface area contributed by atoms with Crippen molar-refractivity contribution in [1.29, 1.82) is 0 Å². The fraction of sp³-hybridized carbons (Fsp3) is 1.00. The van der Waals surface area contributed by atoms with Crippen molar-refractivity contribution < 1.29 is 85.1 Å². The molecule has 2 N–H and O–H groups in total. The predicted molar refractivity (Wildman–Crippen MR) is 168 cm³/mol. The van der Waals surface area contributed by atoms with E-state index in [9.17, 15) is 25.9 Å². The van der Waals surface area contributed by atoms with Crippen molar-refractivity contribution in [1.82, 2.24) is 10.6 Å². The molecule has 0 saturated heterocycles. The molecule has 0 heterocycles. The van der Waals surface area contributed by atoms with E-state index in [0.717, 1.165) is 25.9 Å². The maximum atomic E-state index is 10.4. The smallest absolute Gasteiger partial charge is 0.748 e. The second kappa shape index (κ2) is 38.9. The van der Waals surface area contributed by atoms with E-state index in [2.05, 4.69) is 24.5 Å². The summed E-state index contributed by atoms with van der Waals surface area (Å²) in [6, 6.07) is 0. The summed E-state index contributed by atoms with van der Waals surface area (Å²) in [6.45, 7) is 7.59. The van der Waals surface area contributed by atoms with Crippen molar-refractivity contribution in [2.45, 2.75) is 155 Å². The van der Waals surface area contributed by atoms with E-state index in [1.54, 1.807) is 0 Å². The zero-order valence-corrected chi connectivity index (χ0v) is 33.7. The van der Waals surface area contributed by atoms with Gasteiger partial charge in [-0.1, -0.05) is 129 Å². The minimum Gasteiger partial charge on any atom is -0.748 e. The van der Waals surface area contributed by atoms with E-state index >= 15 is 0 Å². The van der Waals surface area contributed by atoms with Gasteiger partial charge in [-0.05, 0) is 51.9 Å². The van der Waals surface area contributed by atoms with Crippen LogP contribution in [0.4, 0.5) is 0 Å². The number of hydrogen-bond donors (Lipinski definition) is 2. The van der Waals surface area contributed by atoms with Crippen molar-refractivity contribution in [3.8, 4) is 0 Å². The molecule has 0 aliphatic rings. The molecule has 8 nitrogen and oxygen atoms in total. The van der Waals surface area contributed by atoms with Crippen LogP contribution in [0.1, 0.15) is 155 Å². The molecule has 0 radical (unpaired) electrons. The predicted octanol–water partition coefficient (Wildman–Crippen LogP) is 0.872. The first-order valence-corrected chi connectivity index (χ1v) is 19.6. The topological polar surface area (TPSA) is 138 Å². The molecule has 244 valence electrons. The van der Waals surface area contributed by atoms with Crippen LogP contribution in [0.15, 0.2) is 0 Å². The number of nitrogens with one attached hydrogen (secondary N) is 2. The molecule has 0 saturated carbocycles. The largest absolute Gasteiger partial charge is 1.00 e. The van der Waals surface area contributed by atoms with Gasteiger partial charge in [0.25, 0.3) is 0 Å². The molecular formula is C30H64N2Na2O6S2. The zero-order valence-electron chi connectivity index (χ0n) is 28.1. The van der Waals surface area contributed by atoms with E-state index in [0.29, 0.717) is 25.9 Å². The van der Waals surface area contributed by atoms with Gasteiger partial charge < -0.3 is 19.7 Å². The molecule has 0 unspecified atom stereocenters. The Morgan fingerprint density at radius 2 is 0.595 bits per heavy atom. The van der Waals surface area contributed by atoms with Crippen LogP contribution in [-0.4, -0.2) is 63.6 Å². The third kappa shape index (κ3) is 54.2. The summed E-state index contributed by atoms with van der Waals surface area (Å²) in [5, 5.41) is 6.36. The second-order valence-electron chi connectivity index (χ2n) is 11.1. The van der Waals surface area contributed by atoms with Crippen molar-refractivity contribution in [3.05, 3.63) is 0 Å². The molecule has 0 rings (SSSR count). The first kappa shape index (κ1) is 50.6. The van der Waals surface area contributed by atoms with Crippen molar-refractivity contribution in [2.24, 2.45) is 0 Å². The molecular weight excluding hydrogens is 594 g/mol. The molecule has 0 aromatic heterocycles. The fourth-order valence-electron chi connectivity index (χ4n) is 4.47. The Hall–Kier alpha value is 1.74. The SMILES string of the molecule is CCCCCCCCCCCCNCCCS(=O)(=O)[O-].CCCCCCCCCCCCNCCCS(=O)(=O)[O-].[Na+].[Na+]. The Bertz CT molecular complexity index is 655. The molecule has 0 fully saturated rings. The molecule has 42 heavy (non-hydrogen) atoms. The summed E-state index contributed by atoms with van der Waals surface area (Å²) >= 11 is 0. The van der Waals surface area contributed by atoms with E-state index in [4.69, 9.17) is 0 Å². The van der Waals surface area contributed by atoms with Crippen molar-refractivity contribution in [3.63, 3.8) is 0 Å². The molecule has 0 aromatic rings. The van der Waals surface area contributed by atoms with Crippen LogP contribution in [0.25, 0.3) is 0 Å². The van der Waals surface area contributed by atoms with Gasteiger partial charge in [-0.3, -0.25) is 0 Å². The van der Waals surface area contributed by atoms with Gasteiger partial charge in [0.15, 0.2) is 0 Å². The van der Waals surface area contributed by atoms with Gasteiger partial charge in [-0.15, -0.1) is 0 Å². The van der Waals surface area contributed by atoms with Gasteiger partial charge in [-0.25, -0.2) is 16.8 Å². The Kier molecular flexibility index (Phi) is 46.9. The normalized spacial score (nSPS) is 11.3. The minimum absolute atomic E-state index is 0. The first-order valence-electron chi connectivity index (χ1n) is 16.4. The summed E-state index contributed by atoms with van der Waals surface area (Å²) in [7, 11) is -8.06. The molecule has 0 aromatic carbocycles. The Balaban J connectivity index is -0.000000328. The Morgan fingerprint density at radius 3 is 0.833 bits per heavy atom. The van der Waals surface area contributed by atoms with Gasteiger partial charge in [0, 0.05) is 11.5 Å². The maximum absolute atomic E-state index is 10.4. The standard InChI is InChI=1S/2C15H33NO3S.2Na/c2*1-2-3-4-5-6-7-8-9-10-11-13-16-14-12-15-20(17,18)19;;/h2*16H,2-15H2,1H3,(H,17,18,19);;/q;;2*+1/p-2. The summed E-state index contributed by atoms with van der Waals surface area (Å²) in [4.78, 5) is 0. The van der Waals surface area contributed by atoms with Gasteiger partial charge in [-0.2, -0.15) is 0 Å². The van der Waals surface area contributed by atoms with Crippen LogP contribution in [0.2, 0.25) is 0 Å². The summed E-state index contributed by atoms with van der Waals surface area (Å²) in [6.07, 6.45) is 27.3. The van der Waals surface area contributed by atoms with Gasteiger partial charge in [0.05, 0.1) is 20.2 Å². The number of unbranched alkanes of at least 4 members (excludes halogenated alkanes) is 18. The van der Waals surface area contributed by atoms with Gasteiger partial charge in [0.1, 0.15) is 0 Å². The Morgan fingerprint density at radius 1 is 0.381 bits per heavy atom. The Labute approximate surface area is 306 Å². The maximum Gasteiger partial charge on any atom is 1.00 e. The first-order chi connectivity index (χ1) is 19.1. The minimum atomic E-state index is -4.03. The quantitative estimate of drug-likeness (QED) is 0.0659. The van der Waals surface area contributed by atoms with E-state index < -0.39 is 20.2 Å². The van der Waals surface area contributed by atoms with Gasteiger partial charge >= 0.3 is 59.1 Å². The molecule has 0 aliphatic carbocycles. The van der Waals surface area contributed by atoms with Crippen LogP contribution in [0.5, 0.6) is 0 Å². The second-order valence-corrected chi connectivity index (χ2v) is 14.1. The summed E-state index contributed by atoms with van der Waals surface area (Å²) in [5.74, 6) is -0.504. The van der Waals surface area contributed by atoms with Crippen LogP contribution in [0, 0.1) is 0 Å². The molecule has 0 spiro atoms. The summed E-state index contributed by atoms with van der Waals surface area (Å²) in [5.41, 5.74) is 0. The molecule has 0 aliphatic heterocycles. The van der Waals surface area contributed by atoms with Crippen LogP contribution in [-0.2, 0) is 20.2 Å². The van der Waals surface area contributed by atoms with Crippen molar-refractivity contribution >= 4 is 20.2 Å². The van der Waals surface area contributed by atoms with Crippen LogP contribution >= 0.6 is 0 Å². The third-order valence-electron chi connectivity index (χ3n) is 6.91. The van der Waals surface area contributed by atoms with E-state index in [-0.39, 0.29) is 70.6 Å². The fourth-order valence-corrected chi connectivity index (χ4v) is 5.47. The average molecular weight is 659 g/mol. The van der Waals surface area contributed by atoms with Crippen molar-refractivity contribution in [2.75, 3.05) is 37.7 Å². The number of rotatable bonds is 30. The molecule has 12 heteroatoms. The number of hydrogen-bond acceptors (Lipinski definition) is 8. The monoisotopic (exact) mass is 658 g/mol. The third-order valence-corrected chi connectivity index (χ3v) is 8.49. The molecule has 0 amide bonds. The van der Waals surface area contributed by atoms with Gasteiger partial charge in [0.2, 0.25) is 0 Å².